The summed E-state index contributed by atoms with van der Waals surface area (Å²) >= 11 is 7.68. The number of aliphatic imine (C=N–C) groups is 1. The molecule has 10 heteroatoms. The van der Waals surface area contributed by atoms with E-state index in [1.807, 2.05) is 6.07 Å². The van der Waals surface area contributed by atoms with Gasteiger partial charge in [0.2, 0.25) is 5.89 Å². The zero-order valence-corrected chi connectivity index (χ0v) is 20.6. The standard InChI is InChI=1S/C18H27ClN6OS.HI/c1-18(2,3)16-22-15(23-26-16)11-21-17(20-4)25-9-7-24(8-10-25)12-13-5-6-14(19)27-13;/h5-6H,7-12H2,1-4H3,(H,20,21);1H. The number of guanidine groups is 1. The highest BCUT2D eigenvalue weighted by atomic mass is 127. The van der Waals surface area contributed by atoms with Gasteiger partial charge in [0.15, 0.2) is 11.8 Å². The molecule has 156 valence electrons. The second-order valence-corrected chi connectivity index (χ2v) is 9.44. The highest BCUT2D eigenvalue weighted by molar-refractivity contribution is 14.0. The van der Waals surface area contributed by atoms with Crippen LogP contribution in [0.4, 0.5) is 0 Å². The lowest BCUT2D eigenvalue weighted by Crippen LogP contribution is -2.52. The maximum Gasteiger partial charge on any atom is 0.232 e. The van der Waals surface area contributed by atoms with Crippen LogP contribution in [0.15, 0.2) is 21.6 Å². The molecule has 0 saturated carbocycles. The van der Waals surface area contributed by atoms with Crippen LogP contribution in [-0.2, 0) is 18.5 Å². The van der Waals surface area contributed by atoms with E-state index in [9.17, 15) is 0 Å². The minimum absolute atomic E-state index is 0. The Bertz CT molecular complexity index is 779. The Labute approximate surface area is 192 Å². The largest absolute Gasteiger partial charge is 0.349 e. The van der Waals surface area contributed by atoms with Crippen LogP contribution in [0.25, 0.3) is 0 Å². The van der Waals surface area contributed by atoms with Crippen molar-refractivity contribution in [1.29, 1.82) is 0 Å². The van der Waals surface area contributed by atoms with Crippen molar-refractivity contribution in [2.24, 2.45) is 4.99 Å². The maximum atomic E-state index is 6.02. The zero-order chi connectivity index (χ0) is 19.4. The van der Waals surface area contributed by atoms with Crippen molar-refractivity contribution in [3.63, 3.8) is 0 Å². The number of nitrogens with one attached hydrogen (secondary N) is 1. The first-order valence-electron chi connectivity index (χ1n) is 9.10. The summed E-state index contributed by atoms with van der Waals surface area (Å²) in [7, 11) is 1.80. The van der Waals surface area contributed by atoms with Crippen molar-refractivity contribution in [3.8, 4) is 0 Å². The Morgan fingerprint density at radius 1 is 1.29 bits per heavy atom. The number of rotatable bonds is 4. The van der Waals surface area contributed by atoms with Crippen molar-refractivity contribution in [2.45, 2.75) is 39.3 Å². The topological polar surface area (TPSA) is 69.8 Å². The van der Waals surface area contributed by atoms with Crippen LogP contribution in [0.1, 0.15) is 37.4 Å². The molecule has 0 amide bonds. The van der Waals surface area contributed by atoms with Gasteiger partial charge in [-0.2, -0.15) is 4.98 Å². The van der Waals surface area contributed by atoms with Gasteiger partial charge >= 0.3 is 0 Å². The van der Waals surface area contributed by atoms with Crippen molar-refractivity contribution in [2.75, 3.05) is 33.2 Å². The molecule has 0 bridgehead atoms. The number of hydrogen-bond donors (Lipinski definition) is 1. The molecule has 3 rings (SSSR count). The van der Waals surface area contributed by atoms with Gasteiger partial charge < -0.3 is 14.7 Å². The van der Waals surface area contributed by atoms with Crippen molar-refractivity contribution in [1.82, 2.24) is 25.3 Å². The predicted molar refractivity (Wildman–Crippen MR) is 125 cm³/mol. The summed E-state index contributed by atoms with van der Waals surface area (Å²) in [6.45, 7) is 11.5. The fourth-order valence-electron chi connectivity index (χ4n) is 2.90. The maximum absolute atomic E-state index is 6.02. The molecule has 0 atom stereocenters. The fourth-order valence-corrected chi connectivity index (χ4v) is 4.03. The molecule has 28 heavy (non-hydrogen) atoms. The number of halogens is 2. The summed E-state index contributed by atoms with van der Waals surface area (Å²) in [5, 5.41) is 7.40. The third-order valence-corrected chi connectivity index (χ3v) is 5.62. The van der Waals surface area contributed by atoms with E-state index in [4.69, 9.17) is 16.1 Å². The first kappa shape index (κ1) is 23.4. The molecule has 0 radical (unpaired) electrons. The lowest BCUT2D eigenvalue weighted by atomic mass is 9.97. The van der Waals surface area contributed by atoms with E-state index in [0.717, 1.165) is 43.0 Å². The van der Waals surface area contributed by atoms with E-state index in [2.05, 4.69) is 57.1 Å². The average molecular weight is 539 g/mol. The SMILES string of the molecule is CN=C(NCc1noc(C(C)(C)C)n1)N1CCN(Cc2ccc(Cl)s2)CC1.I. The van der Waals surface area contributed by atoms with Crippen LogP contribution in [0.2, 0.25) is 4.34 Å². The normalized spacial score (nSPS) is 16.2. The van der Waals surface area contributed by atoms with Crippen LogP contribution in [0.5, 0.6) is 0 Å². The first-order chi connectivity index (χ1) is 12.8. The van der Waals surface area contributed by atoms with E-state index in [1.165, 1.54) is 4.88 Å². The molecule has 1 saturated heterocycles. The predicted octanol–water partition coefficient (Wildman–Crippen LogP) is 3.59. The molecule has 1 aliphatic rings. The highest BCUT2D eigenvalue weighted by Crippen LogP contribution is 2.23. The minimum atomic E-state index is -0.143. The molecule has 0 aliphatic carbocycles. The summed E-state index contributed by atoms with van der Waals surface area (Å²) < 4.78 is 6.19. The molecule has 0 aromatic carbocycles. The molecule has 1 fully saturated rings. The van der Waals surface area contributed by atoms with Crippen LogP contribution in [-0.4, -0.2) is 59.1 Å². The van der Waals surface area contributed by atoms with E-state index in [-0.39, 0.29) is 29.4 Å². The van der Waals surface area contributed by atoms with Crippen LogP contribution >= 0.6 is 46.9 Å². The molecule has 2 aromatic heterocycles. The number of thiophene rings is 1. The van der Waals surface area contributed by atoms with Crippen LogP contribution in [0.3, 0.4) is 0 Å². The monoisotopic (exact) mass is 538 g/mol. The van der Waals surface area contributed by atoms with E-state index >= 15 is 0 Å². The van der Waals surface area contributed by atoms with Gasteiger partial charge in [0.1, 0.15) is 0 Å². The van der Waals surface area contributed by atoms with Gasteiger partial charge in [0, 0.05) is 50.1 Å². The van der Waals surface area contributed by atoms with Crippen molar-refractivity contribution in [3.05, 3.63) is 33.1 Å². The fraction of sp³-hybridized carbons (Fsp3) is 0.611. The van der Waals surface area contributed by atoms with Gasteiger partial charge in [0.05, 0.1) is 10.9 Å². The first-order valence-corrected chi connectivity index (χ1v) is 10.3. The Morgan fingerprint density at radius 3 is 2.54 bits per heavy atom. The van der Waals surface area contributed by atoms with Gasteiger partial charge in [-0.25, -0.2) is 0 Å². The van der Waals surface area contributed by atoms with Crippen LogP contribution < -0.4 is 5.32 Å². The molecule has 3 heterocycles. The number of aromatic nitrogens is 2. The number of hydrogen-bond acceptors (Lipinski definition) is 6. The van der Waals surface area contributed by atoms with Gasteiger partial charge in [-0.15, -0.1) is 35.3 Å². The van der Waals surface area contributed by atoms with Gasteiger partial charge in [-0.1, -0.05) is 37.5 Å². The molecule has 7 nitrogen and oxygen atoms in total. The quantitative estimate of drug-likeness (QED) is 0.365. The zero-order valence-electron chi connectivity index (χ0n) is 16.7. The Hall–Kier alpha value is -0.910. The van der Waals surface area contributed by atoms with E-state index in [1.54, 1.807) is 18.4 Å². The summed E-state index contributed by atoms with van der Waals surface area (Å²) in [4.78, 5) is 14.9. The lowest BCUT2D eigenvalue weighted by Gasteiger charge is -2.36. The molecule has 2 aromatic rings. The summed E-state index contributed by atoms with van der Waals surface area (Å²) in [5.74, 6) is 2.17. The summed E-state index contributed by atoms with van der Waals surface area (Å²) in [6, 6.07) is 4.07. The van der Waals surface area contributed by atoms with Gasteiger partial charge in [-0.3, -0.25) is 9.89 Å². The van der Waals surface area contributed by atoms with Crippen molar-refractivity contribution >= 4 is 52.9 Å². The van der Waals surface area contributed by atoms with Crippen LogP contribution in [0, 0.1) is 0 Å². The second kappa shape index (κ2) is 10.2. The Balaban J connectivity index is 0.00000280. The molecule has 1 N–H and O–H groups in total. The molecule has 1 aliphatic heterocycles. The molecule has 0 spiro atoms. The molecule has 0 unspecified atom stereocenters. The lowest BCUT2D eigenvalue weighted by molar-refractivity contribution is 0.173. The number of piperazine rings is 1. The molecular formula is C18H28ClIN6OS. The summed E-state index contributed by atoms with van der Waals surface area (Å²) in [5.41, 5.74) is -0.143. The van der Waals surface area contributed by atoms with Gasteiger partial charge in [-0.05, 0) is 12.1 Å². The third kappa shape index (κ3) is 6.30. The summed E-state index contributed by atoms with van der Waals surface area (Å²) in [6.07, 6.45) is 0. The van der Waals surface area contributed by atoms with Crippen molar-refractivity contribution < 1.29 is 4.52 Å². The number of nitrogens with zero attached hydrogens (tertiary/aromatic N) is 5. The van der Waals surface area contributed by atoms with Gasteiger partial charge in [0.25, 0.3) is 0 Å². The minimum Gasteiger partial charge on any atom is -0.349 e. The Kier molecular flexibility index (Phi) is 8.53. The van der Waals surface area contributed by atoms with E-state index < -0.39 is 0 Å². The van der Waals surface area contributed by atoms with E-state index in [0.29, 0.717) is 18.3 Å². The average Bonchev–Trinajstić information content (AvgIpc) is 3.26. The second-order valence-electron chi connectivity index (χ2n) is 7.64. The Morgan fingerprint density at radius 2 is 2.00 bits per heavy atom. The smallest absolute Gasteiger partial charge is 0.232 e. The molecular weight excluding hydrogens is 511 g/mol. The third-order valence-electron chi connectivity index (χ3n) is 4.41. The highest BCUT2D eigenvalue weighted by Gasteiger charge is 2.23.